The predicted molar refractivity (Wildman–Crippen MR) is 120 cm³/mol. The Bertz CT molecular complexity index is 592. The summed E-state index contributed by atoms with van der Waals surface area (Å²) in [6.07, 6.45) is 7.21. The molecule has 4 nitrogen and oxygen atoms in total. The predicted octanol–water partition coefficient (Wildman–Crippen LogP) is 5.62. The first-order chi connectivity index (χ1) is 13.6. The zero-order chi connectivity index (χ0) is 20.2. The third-order valence-electron chi connectivity index (χ3n) is 4.78. The van der Waals surface area contributed by atoms with Gasteiger partial charge in [-0.25, -0.2) is 0 Å². The molecule has 0 spiro atoms. The first-order valence-corrected chi connectivity index (χ1v) is 10.4. The van der Waals surface area contributed by atoms with Gasteiger partial charge >= 0.3 is 0 Å². The molecule has 28 heavy (non-hydrogen) atoms. The third kappa shape index (κ3) is 8.12. The Morgan fingerprint density at radius 2 is 0.821 bits per heavy atom. The maximum Gasteiger partial charge on any atom is 0.119 e. The van der Waals surface area contributed by atoms with Gasteiger partial charge in [0.05, 0.1) is 13.2 Å². The Labute approximate surface area is 171 Å². The molecular formula is C24H36N2O2. The van der Waals surface area contributed by atoms with E-state index in [0.29, 0.717) is 0 Å². The molecule has 0 N–H and O–H groups in total. The van der Waals surface area contributed by atoms with E-state index in [2.05, 4.69) is 34.1 Å². The van der Waals surface area contributed by atoms with Gasteiger partial charge in [0.25, 0.3) is 0 Å². The van der Waals surface area contributed by atoms with E-state index >= 15 is 0 Å². The van der Waals surface area contributed by atoms with Crippen LogP contribution in [0, 0.1) is 0 Å². The van der Waals surface area contributed by atoms with Gasteiger partial charge in [-0.3, -0.25) is 0 Å². The van der Waals surface area contributed by atoms with E-state index in [0.717, 1.165) is 37.6 Å². The van der Waals surface area contributed by atoms with E-state index in [1.54, 1.807) is 0 Å². The molecular weight excluding hydrogens is 348 g/mol. The van der Waals surface area contributed by atoms with Crippen LogP contribution < -0.4 is 19.3 Å². The lowest BCUT2D eigenvalue weighted by Gasteiger charge is -2.13. The van der Waals surface area contributed by atoms with Gasteiger partial charge in [-0.1, -0.05) is 25.7 Å². The standard InChI is InChI=1S/C24H36N2O2/c1-25(2)21-11-15-23(16-12-21)27-19-9-7-5-6-8-10-20-28-24-17-13-22(14-18-24)26(3)4/h11-18H,5-10,19-20H2,1-4H3. The molecule has 0 amide bonds. The van der Waals surface area contributed by atoms with Crippen molar-refractivity contribution in [3.63, 3.8) is 0 Å². The SMILES string of the molecule is CN(C)c1ccc(OCCCCCCCCOc2ccc(N(C)C)cc2)cc1. The molecule has 0 bridgehead atoms. The average Bonchev–Trinajstić information content (AvgIpc) is 2.70. The molecule has 0 aliphatic carbocycles. The van der Waals surface area contributed by atoms with Gasteiger partial charge < -0.3 is 19.3 Å². The second kappa shape index (κ2) is 12.2. The van der Waals surface area contributed by atoms with Crippen LogP contribution in [-0.2, 0) is 0 Å². The van der Waals surface area contributed by atoms with Crippen molar-refractivity contribution >= 4 is 11.4 Å². The van der Waals surface area contributed by atoms with E-state index in [4.69, 9.17) is 9.47 Å². The fraction of sp³-hybridized carbons (Fsp3) is 0.500. The van der Waals surface area contributed by atoms with Crippen LogP contribution in [0.5, 0.6) is 11.5 Å². The molecule has 0 saturated heterocycles. The van der Waals surface area contributed by atoms with Crippen molar-refractivity contribution in [2.45, 2.75) is 38.5 Å². The quantitative estimate of drug-likeness (QED) is 0.419. The second-order valence-corrected chi connectivity index (χ2v) is 7.59. The Morgan fingerprint density at radius 3 is 1.14 bits per heavy atom. The first-order valence-electron chi connectivity index (χ1n) is 10.4. The summed E-state index contributed by atoms with van der Waals surface area (Å²) in [5.74, 6) is 1.92. The van der Waals surface area contributed by atoms with E-state index in [-0.39, 0.29) is 0 Å². The number of hydrogen-bond donors (Lipinski definition) is 0. The number of ether oxygens (including phenoxy) is 2. The Balaban J connectivity index is 1.44. The minimum atomic E-state index is 0.799. The fourth-order valence-electron chi connectivity index (χ4n) is 2.97. The lowest BCUT2D eigenvalue weighted by Crippen LogP contribution is -2.08. The Kier molecular flexibility index (Phi) is 9.53. The minimum absolute atomic E-state index is 0.799. The van der Waals surface area contributed by atoms with Crippen molar-refractivity contribution in [2.75, 3.05) is 51.2 Å². The zero-order valence-electron chi connectivity index (χ0n) is 18.0. The zero-order valence-corrected chi connectivity index (χ0v) is 18.0. The summed E-state index contributed by atoms with van der Waals surface area (Å²) >= 11 is 0. The number of nitrogens with zero attached hydrogens (tertiary/aromatic N) is 2. The molecule has 4 heteroatoms. The number of hydrogen-bond acceptors (Lipinski definition) is 4. The summed E-state index contributed by atoms with van der Waals surface area (Å²) in [5, 5.41) is 0. The van der Waals surface area contributed by atoms with Crippen LogP contribution in [0.4, 0.5) is 11.4 Å². The summed E-state index contributed by atoms with van der Waals surface area (Å²) in [4.78, 5) is 4.19. The first kappa shape index (κ1) is 21.9. The van der Waals surface area contributed by atoms with Crippen molar-refractivity contribution in [1.82, 2.24) is 0 Å². The van der Waals surface area contributed by atoms with E-state index in [1.165, 1.54) is 37.1 Å². The third-order valence-corrected chi connectivity index (χ3v) is 4.78. The van der Waals surface area contributed by atoms with E-state index in [9.17, 15) is 0 Å². The van der Waals surface area contributed by atoms with Crippen LogP contribution in [0.2, 0.25) is 0 Å². The lowest BCUT2D eigenvalue weighted by molar-refractivity contribution is 0.297. The smallest absolute Gasteiger partial charge is 0.119 e. The van der Waals surface area contributed by atoms with Gasteiger partial charge in [-0.2, -0.15) is 0 Å². The van der Waals surface area contributed by atoms with Crippen LogP contribution in [-0.4, -0.2) is 41.4 Å². The average molecular weight is 385 g/mol. The van der Waals surface area contributed by atoms with Gasteiger partial charge in [0.2, 0.25) is 0 Å². The highest BCUT2D eigenvalue weighted by Gasteiger charge is 1.99. The van der Waals surface area contributed by atoms with Gasteiger partial charge in [0.15, 0.2) is 0 Å². The minimum Gasteiger partial charge on any atom is -0.494 e. The van der Waals surface area contributed by atoms with Gasteiger partial charge in [0, 0.05) is 39.6 Å². The van der Waals surface area contributed by atoms with Crippen LogP contribution in [0.3, 0.4) is 0 Å². The van der Waals surface area contributed by atoms with Crippen molar-refractivity contribution in [3.8, 4) is 11.5 Å². The fourth-order valence-corrected chi connectivity index (χ4v) is 2.97. The number of benzene rings is 2. The van der Waals surface area contributed by atoms with Crippen LogP contribution in [0.1, 0.15) is 38.5 Å². The highest BCUT2D eigenvalue weighted by atomic mass is 16.5. The number of anilines is 2. The molecule has 0 fully saturated rings. The molecule has 0 aliphatic heterocycles. The normalized spacial score (nSPS) is 10.6. The molecule has 0 unspecified atom stereocenters. The summed E-state index contributed by atoms with van der Waals surface area (Å²) in [6, 6.07) is 16.5. The summed E-state index contributed by atoms with van der Waals surface area (Å²) < 4.78 is 11.6. The van der Waals surface area contributed by atoms with Crippen molar-refractivity contribution in [3.05, 3.63) is 48.5 Å². The highest BCUT2D eigenvalue weighted by Crippen LogP contribution is 2.19. The molecule has 0 aromatic heterocycles. The highest BCUT2D eigenvalue weighted by molar-refractivity contribution is 5.48. The van der Waals surface area contributed by atoms with Gasteiger partial charge in [0.1, 0.15) is 11.5 Å². The van der Waals surface area contributed by atoms with Gasteiger partial charge in [-0.05, 0) is 61.4 Å². The Morgan fingerprint density at radius 1 is 0.500 bits per heavy atom. The second-order valence-electron chi connectivity index (χ2n) is 7.59. The molecule has 0 heterocycles. The molecule has 2 aromatic rings. The summed E-state index contributed by atoms with van der Waals surface area (Å²) in [6.45, 7) is 1.60. The monoisotopic (exact) mass is 384 g/mol. The lowest BCUT2D eigenvalue weighted by atomic mass is 10.1. The van der Waals surface area contributed by atoms with Gasteiger partial charge in [-0.15, -0.1) is 0 Å². The largest absolute Gasteiger partial charge is 0.494 e. The molecule has 0 saturated carbocycles. The molecule has 0 radical (unpaired) electrons. The van der Waals surface area contributed by atoms with Crippen molar-refractivity contribution in [1.29, 1.82) is 0 Å². The summed E-state index contributed by atoms with van der Waals surface area (Å²) in [7, 11) is 8.18. The topological polar surface area (TPSA) is 24.9 Å². The van der Waals surface area contributed by atoms with E-state index in [1.807, 2.05) is 52.5 Å². The molecule has 2 rings (SSSR count). The number of rotatable bonds is 13. The molecule has 2 aromatic carbocycles. The maximum absolute atomic E-state index is 5.82. The van der Waals surface area contributed by atoms with Crippen molar-refractivity contribution in [2.24, 2.45) is 0 Å². The van der Waals surface area contributed by atoms with Crippen LogP contribution in [0.15, 0.2) is 48.5 Å². The maximum atomic E-state index is 5.82. The molecule has 0 aliphatic rings. The van der Waals surface area contributed by atoms with Crippen LogP contribution in [0.25, 0.3) is 0 Å². The van der Waals surface area contributed by atoms with Crippen LogP contribution >= 0.6 is 0 Å². The van der Waals surface area contributed by atoms with Crippen molar-refractivity contribution < 1.29 is 9.47 Å². The Hall–Kier alpha value is -2.36. The number of unbranched alkanes of at least 4 members (excludes halogenated alkanes) is 5. The molecule has 154 valence electrons. The van der Waals surface area contributed by atoms with E-state index < -0.39 is 0 Å². The summed E-state index contributed by atoms with van der Waals surface area (Å²) in [5.41, 5.74) is 2.39. The molecule has 0 atom stereocenters.